The van der Waals surface area contributed by atoms with Gasteiger partial charge in [0.15, 0.2) is 0 Å². The van der Waals surface area contributed by atoms with Crippen LogP contribution in [-0.4, -0.2) is 48.1 Å². The lowest BCUT2D eigenvalue weighted by molar-refractivity contribution is -0.135. The zero-order valence-electron chi connectivity index (χ0n) is 18.8. The number of nitrogens with zero attached hydrogens (tertiary/aromatic N) is 5. The Bertz CT molecular complexity index is 1180. The number of benzene rings is 1. The summed E-state index contributed by atoms with van der Waals surface area (Å²) in [4.78, 5) is 22.4. The fraction of sp³-hybridized carbons (Fsp3) is 0.440. The van der Waals surface area contributed by atoms with Crippen molar-refractivity contribution in [2.45, 2.75) is 64.0 Å². The van der Waals surface area contributed by atoms with Crippen molar-refractivity contribution in [1.82, 2.24) is 29.6 Å². The number of carbonyl (C=O) groups excluding carboxylic acids is 1. The quantitative estimate of drug-likeness (QED) is 0.420. The molecule has 0 aliphatic carbocycles. The van der Waals surface area contributed by atoms with Crippen LogP contribution < -0.4 is 0 Å². The number of aromatic nitrogens is 5. The Morgan fingerprint density at radius 2 is 2.00 bits per heavy atom. The van der Waals surface area contributed by atoms with Crippen LogP contribution in [0.15, 0.2) is 53.6 Å². The third kappa shape index (κ3) is 5.16. The number of carbonyl (C=O) groups is 1. The second-order valence-corrected chi connectivity index (χ2v) is 8.77. The summed E-state index contributed by atoms with van der Waals surface area (Å²) in [6.07, 6.45) is 14.3. The molecule has 0 saturated carbocycles. The SMILES string of the molecule is O=C(CCc1nnc(CCc2c[nH]c3ccccc23)o1)N1CCCC[C@@H]1CCn1ccnc1. The Morgan fingerprint density at radius 3 is 2.88 bits per heavy atom. The summed E-state index contributed by atoms with van der Waals surface area (Å²) < 4.78 is 7.92. The maximum Gasteiger partial charge on any atom is 0.223 e. The third-order valence-electron chi connectivity index (χ3n) is 6.57. The summed E-state index contributed by atoms with van der Waals surface area (Å²) in [6, 6.07) is 8.57. The molecule has 33 heavy (non-hydrogen) atoms. The van der Waals surface area contributed by atoms with E-state index in [9.17, 15) is 4.79 Å². The number of hydrogen-bond donors (Lipinski definition) is 1. The van der Waals surface area contributed by atoms with Gasteiger partial charge in [-0.1, -0.05) is 18.2 Å². The molecule has 1 amide bonds. The molecule has 1 saturated heterocycles. The lowest BCUT2D eigenvalue weighted by Gasteiger charge is -2.36. The van der Waals surface area contributed by atoms with Crippen LogP contribution >= 0.6 is 0 Å². The molecule has 3 aromatic heterocycles. The highest BCUT2D eigenvalue weighted by atomic mass is 16.4. The number of imidazole rings is 1. The Labute approximate surface area is 193 Å². The molecule has 1 aromatic carbocycles. The minimum atomic E-state index is 0.184. The second-order valence-electron chi connectivity index (χ2n) is 8.77. The second kappa shape index (κ2) is 10.0. The maximum atomic E-state index is 13.0. The number of H-pyrrole nitrogens is 1. The normalized spacial score (nSPS) is 16.5. The van der Waals surface area contributed by atoms with Gasteiger partial charge in [0, 0.05) is 67.9 Å². The fourth-order valence-electron chi connectivity index (χ4n) is 4.77. The minimum Gasteiger partial charge on any atom is -0.425 e. The first-order chi connectivity index (χ1) is 16.3. The Kier molecular flexibility index (Phi) is 6.51. The first kappa shape index (κ1) is 21.4. The van der Waals surface area contributed by atoms with E-state index in [1.807, 2.05) is 30.9 Å². The average molecular weight is 447 g/mol. The van der Waals surface area contributed by atoms with Gasteiger partial charge in [0.1, 0.15) is 0 Å². The number of likely N-dealkylation sites (tertiary alicyclic amines) is 1. The van der Waals surface area contributed by atoms with Crippen LogP contribution in [0, 0.1) is 0 Å². The molecular weight excluding hydrogens is 416 g/mol. The van der Waals surface area contributed by atoms with Gasteiger partial charge < -0.3 is 18.9 Å². The highest BCUT2D eigenvalue weighted by molar-refractivity contribution is 5.83. The first-order valence-corrected chi connectivity index (χ1v) is 11.9. The van der Waals surface area contributed by atoms with Crippen LogP contribution in [-0.2, 0) is 30.6 Å². The molecule has 1 aliphatic heterocycles. The van der Waals surface area contributed by atoms with E-state index in [4.69, 9.17) is 4.42 Å². The van der Waals surface area contributed by atoms with Crippen LogP contribution in [0.25, 0.3) is 10.9 Å². The molecule has 0 bridgehead atoms. The van der Waals surface area contributed by atoms with Crippen molar-refractivity contribution in [2.75, 3.05) is 6.54 Å². The van der Waals surface area contributed by atoms with E-state index in [-0.39, 0.29) is 5.91 Å². The predicted molar refractivity (Wildman–Crippen MR) is 125 cm³/mol. The number of para-hydroxylation sites is 1. The molecule has 1 fully saturated rings. The molecule has 0 radical (unpaired) electrons. The lowest BCUT2D eigenvalue weighted by Crippen LogP contribution is -2.44. The van der Waals surface area contributed by atoms with Crippen molar-refractivity contribution < 1.29 is 9.21 Å². The number of aromatic amines is 1. The van der Waals surface area contributed by atoms with Gasteiger partial charge in [0.05, 0.1) is 6.33 Å². The zero-order valence-corrected chi connectivity index (χ0v) is 18.8. The molecule has 172 valence electrons. The van der Waals surface area contributed by atoms with Crippen molar-refractivity contribution in [3.05, 3.63) is 66.5 Å². The Balaban J connectivity index is 1.12. The van der Waals surface area contributed by atoms with Crippen molar-refractivity contribution in [3.63, 3.8) is 0 Å². The number of piperidine rings is 1. The summed E-state index contributed by atoms with van der Waals surface area (Å²) in [5, 5.41) is 9.61. The van der Waals surface area contributed by atoms with Gasteiger partial charge >= 0.3 is 0 Å². The number of rotatable bonds is 9. The van der Waals surface area contributed by atoms with E-state index in [0.29, 0.717) is 37.1 Å². The molecule has 8 heteroatoms. The first-order valence-electron chi connectivity index (χ1n) is 11.9. The number of amides is 1. The van der Waals surface area contributed by atoms with E-state index in [1.165, 1.54) is 17.4 Å². The Hall–Kier alpha value is -3.42. The highest BCUT2D eigenvalue weighted by Gasteiger charge is 2.26. The minimum absolute atomic E-state index is 0.184. The molecule has 1 aliphatic rings. The number of aryl methyl sites for hydroxylation is 4. The standard InChI is InChI=1S/C25H30N6O2/c32-25(31-14-4-3-5-20(31)12-15-30-16-13-26-18-30)11-10-24-29-28-23(33-24)9-8-19-17-27-22-7-2-1-6-21(19)22/h1-2,6-7,13,16-18,20,27H,3-5,8-12,14-15H2/t20-/m1/s1. The summed E-state index contributed by atoms with van der Waals surface area (Å²) in [7, 11) is 0. The van der Waals surface area contributed by atoms with Crippen LogP contribution in [0.3, 0.4) is 0 Å². The van der Waals surface area contributed by atoms with Gasteiger partial charge in [-0.15, -0.1) is 10.2 Å². The fourth-order valence-corrected chi connectivity index (χ4v) is 4.77. The predicted octanol–water partition coefficient (Wildman–Crippen LogP) is 3.94. The van der Waals surface area contributed by atoms with Gasteiger partial charge in [0.25, 0.3) is 0 Å². The molecule has 4 aromatic rings. The molecule has 4 heterocycles. The highest BCUT2D eigenvalue weighted by Crippen LogP contribution is 2.22. The molecule has 5 rings (SSSR count). The largest absolute Gasteiger partial charge is 0.425 e. The summed E-state index contributed by atoms with van der Waals surface area (Å²) in [5.41, 5.74) is 2.38. The zero-order chi connectivity index (χ0) is 22.5. The maximum absolute atomic E-state index is 13.0. The summed E-state index contributed by atoms with van der Waals surface area (Å²) in [5.74, 6) is 1.35. The van der Waals surface area contributed by atoms with Crippen molar-refractivity contribution in [2.24, 2.45) is 0 Å². The van der Waals surface area contributed by atoms with E-state index >= 15 is 0 Å². The number of hydrogen-bond acceptors (Lipinski definition) is 5. The summed E-state index contributed by atoms with van der Waals surface area (Å²) >= 11 is 0. The van der Waals surface area contributed by atoms with Crippen LogP contribution in [0.5, 0.6) is 0 Å². The smallest absolute Gasteiger partial charge is 0.223 e. The van der Waals surface area contributed by atoms with E-state index < -0.39 is 0 Å². The molecular formula is C25H30N6O2. The van der Waals surface area contributed by atoms with Gasteiger partial charge in [-0.25, -0.2) is 4.98 Å². The number of nitrogens with one attached hydrogen (secondary N) is 1. The van der Waals surface area contributed by atoms with Crippen molar-refractivity contribution in [3.8, 4) is 0 Å². The number of fused-ring (bicyclic) bond motifs is 1. The lowest BCUT2D eigenvalue weighted by atomic mass is 9.98. The van der Waals surface area contributed by atoms with E-state index in [0.717, 1.165) is 44.3 Å². The summed E-state index contributed by atoms with van der Waals surface area (Å²) in [6.45, 7) is 1.73. The molecule has 8 nitrogen and oxygen atoms in total. The van der Waals surface area contributed by atoms with Gasteiger partial charge in [-0.2, -0.15) is 0 Å². The van der Waals surface area contributed by atoms with Gasteiger partial charge in [-0.05, 0) is 43.7 Å². The molecule has 0 unspecified atom stereocenters. The van der Waals surface area contributed by atoms with E-state index in [1.54, 1.807) is 6.20 Å². The topological polar surface area (TPSA) is 92.8 Å². The molecule has 1 N–H and O–H groups in total. The van der Waals surface area contributed by atoms with Crippen LogP contribution in [0.2, 0.25) is 0 Å². The average Bonchev–Trinajstić information content (AvgIpc) is 3.61. The van der Waals surface area contributed by atoms with E-state index in [2.05, 4.69) is 41.8 Å². The molecule has 0 spiro atoms. The molecule has 1 atom stereocenters. The van der Waals surface area contributed by atoms with Gasteiger partial charge in [0.2, 0.25) is 17.7 Å². The van der Waals surface area contributed by atoms with Gasteiger partial charge in [-0.3, -0.25) is 4.79 Å². The Morgan fingerprint density at radius 1 is 1.12 bits per heavy atom. The monoisotopic (exact) mass is 446 g/mol. The van der Waals surface area contributed by atoms with Crippen LogP contribution in [0.1, 0.15) is 49.4 Å². The van der Waals surface area contributed by atoms with Crippen molar-refractivity contribution >= 4 is 16.8 Å². The van der Waals surface area contributed by atoms with Crippen molar-refractivity contribution in [1.29, 1.82) is 0 Å². The third-order valence-corrected chi connectivity index (χ3v) is 6.57. The van der Waals surface area contributed by atoms with Crippen LogP contribution in [0.4, 0.5) is 0 Å².